The zero-order valence-electron chi connectivity index (χ0n) is 26.4. The number of likely N-dealkylation sites (N-methyl/N-ethyl adjacent to an activating group) is 1. The van der Waals surface area contributed by atoms with Crippen molar-refractivity contribution in [3.8, 4) is 11.8 Å². The molecule has 3 rings (SSSR count). The Balaban J connectivity index is 1.81. The first-order chi connectivity index (χ1) is 21.5. The van der Waals surface area contributed by atoms with Gasteiger partial charge >= 0.3 is 18.1 Å². The molecule has 0 aromatic heterocycles. The molecule has 2 bridgehead atoms. The minimum atomic E-state index is -5.13. The van der Waals surface area contributed by atoms with E-state index in [0.29, 0.717) is 6.42 Å². The van der Waals surface area contributed by atoms with Crippen LogP contribution in [0.1, 0.15) is 41.0 Å². The number of ether oxygens (including phenoxy) is 2. The monoisotopic (exact) mass is 675 g/mol. The van der Waals surface area contributed by atoms with Gasteiger partial charge in [-0.2, -0.15) is 17.7 Å². The maximum Gasteiger partial charge on any atom is 0.471 e. The number of imide groups is 1. The number of hydrogen-bond acceptors (Lipinski definition) is 9. The summed E-state index contributed by atoms with van der Waals surface area (Å²) in [4.78, 5) is 51.9. The third-order valence-electron chi connectivity index (χ3n) is 7.52. The maximum atomic E-state index is 13.3. The van der Waals surface area contributed by atoms with Gasteiger partial charge in [-0.05, 0) is 34.1 Å². The average Bonchev–Trinajstić information content (AvgIpc) is 3.48. The quantitative estimate of drug-likeness (QED) is 0.0876. The van der Waals surface area contributed by atoms with E-state index in [-0.39, 0.29) is 44.0 Å². The molecule has 0 spiro atoms. The van der Waals surface area contributed by atoms with Crippen LogP contribution >= 0.6 is 8.53 Å². The highest BCUT2D eigenvalue weighted by Crippen LogP contribution is 2.55. The summed E-state index contributed by atoms with van der Waals surface area (Å²) in [6, 6.07) is -0.606. The Hall–Kier alpha value is -3.15. The van der Waals surface area contributed by atoms with E-state index < -0.39 is 73.5 Å². The van der Waals surface area contributed by atoms with Crippen molar-refractivity contribution in [1.29, 1.82) is 0 Å². The minimum absolute atomic E-state index is 0.0456. The second-order valence-electron chi connectivity index (χ2n) is 11.5. The Morgan fingerprint density at radius 1 is 1.28 bits per heavy atom. The molecule has 18 heteroatoms. The first-order valence-electron chi connectivity index (χ1n) is 14.6. The molecule has 0 aromatic rings. The van der Waals surface area contributed by atoms with Gasteiger partial charge in [-0.15, -0.1) is 0 Å². The Morgan fingerprint density at radius 3 is 2.54 bits per heavy atom. The van der Waals surface area contributed by atoms with Gasteiger partial charge in [-0.25, -0.2) is 21.4 Å². The van der Waals surface area contributed by atoms with E-state index in [2.05, 4.69) is 32.0 Å². The van der Waals surface area contributed by atoms with Gasteiger partial charge < -0.3 is 34.0 Å². The number of rotatable bonds is 13. The third-order valence-corrected chi connectivity index (χ3v) is 9.63. The Morgan fingerprint density at radius 2 is 1.96 bits per heavy atom. The van der Waals surface area contributed by atoms with Crippen LogP contribution in [0.3, 0.4) is 0 Å². The number of carbonyl (C=O) groups excluding carboxylic acids is 4. The van der Waals surface area contributed by atoms with Gasteiger partial charge in [0.2, 0.25) is 18.7 Å². The van der Waals surface area contributed by atoms with Crippen LogP contribution in [0.25, 0.3) is 4.85 Å². The summed E-state index contributed by atoms with van der Waals surface area (Å²) in [6.07, 6.45) is -5.70. The van der Waals surface area contributed by atoms with Gasteiger partial charge in [0.05, 0.1) is 26.7 Å². The van der Waals surface area contributed by atoms with Gasteiger partial charge in [0.15, 0.2) is 6.10 Å². The zero-order chi connectivity index (χ0) is 34.4. The van der Waals surface area contributed by atoms with Crippen LogP contribution in [0.2, 0.25) is 0 Å². The van der Waals surface area contributed by atoms with Crippen molar-refractivity contribution in [2.24, 2.45) is 0 Å². The smallest absolute Gasteiger partial charge is 0.363 e. The van der Waals surface area contributed by atoms with Crippen LogP contribution in [0.5, 0.6) is 0 Å². The molecule has 0 saturated carbocycles. The van der Waals surface area contributed by atoms with Crippen molar-refractivity contribution in [2.75, 3.05) is 39.9 Å². The highest BCUT2D eigenvalue weighted by atomic mass is 31.2. The number of hydrogen-bond donors (Lipinski definition) is 3. The normalized spacial score (nSPS) is 28.0. The zero-order valence-corrected chi connectivity index (χ0v) is 27.3. The Bertz CT molecular complexity index is 1320. The van der Waals surface area contributed by atoms with E-state index in [1.165, 1.54) is 18.6 Å². The van der Waals surface area contributed by atoms with Gasteiger partial charge in [-0.1, -0.05) is 18.8 Å². The summed E-state index contributed by atoms with van der Waals surface area (Å²) >= 11 is 0. The molecule has 6 atom stereocenters. The minimum Gasteiger partial charge on any atom is -0.363 e. The first kappa shape index (κ1) is 37.3. The number of nitrogens with one attached hydrogen (secondary N) is 3. The van der Waals surface area contributed by atoms with Crippen LogP contribution in [0.4, 0.5) is 18.0 Å². The number of amides is 5. The molecule has 5 amide bonds. The number of fused-ring (bicyclic) bond motifs is 2. The van der Waals surface area contributed by atoms with Crippen molar-refractivity contribution in [1.82, 2.24) is 20.6 Å². The molecule has 3 aliphatic heterocycles. The molecule has 46 heavy (non-hydrogen) atoms. The van der Waals surface area contributed by atoms with Crippen molar-refractivity contribution < 1.29 is 55.4 Å². The lowest BCUT2D eigenvalue weighted by atomic mass is 9.96. The molecule has 3 heterocycles. The fourth-order valence-corrected chi connectivity index (χ4v) is 7.05. The molecule has 0 aliphatic carbocycles. The average molecular weight is 676 g/mol. The van der Waals surface area contributed by atoms with E-state index in [1.807, 2.05) is 34.6 Å². The summed E-state index contributed by atoms with van der Waals surface area (Å²) in [6.45, 7) is 16.3. The van der Waals surface area contributed by atoms with Crippen molar-refractivity contribution >= 4 is 32.3 Å². The Labute approximate surface area is 266 Å². The van der Waals surface area contributed by atoms with Gasteiger partial charge in [0, 0.05) is 12.1 Å². The van der Waals surface area contributed by atoms with Crippen molar-refractivity contribution in [3.63, 3.8) is 0 Å². The summed E-state index contributed by atoms with van der Waals surface area (Å²) in [5, 5.41) is 5.92. The number of halogens is 3. The maximum absolute atomic E-state index is 13.3. The molecule has 14 nitrogen and oxygen atoms in total. The predicted octanol–water partition coefficient (Wildman–Crippen LogP) is 1.94. The van der Waals surface area contributed by atoms with E-state index in [1.54, 1.807) is 0 Å². The first-order valence-corrected chi connectivity index (χ1v) is 15.7. The lowest BCUT2D eigenvalue weighted by molar-refractivity contribution is -0.840. The van der Waals surface area contributed by atoms with E-state index >= 15 is 0 Å². The molecule has 0 radical (unpaired) electrons. The summed E-state index contributed by atoms with van der Waals surface area (Å²) < 4.78 is 63.8. The number of urea groups is 1. The lowest BCUT2D eigenvalue weighted by Gasteiger charge is -2.39. The summed E-state index contributed by atoms with van der Waals surface area (Å²) in [5.74, 6) is 1.11. The molecular weight excluding hydrogens is 636 g/mol. The second kappa shape index (κ2) is 15.2. The highest BCUT2D eigenvalue weighted by Gasteiger charge is 2.69. The number of carbonyl (C=O) groups is 4. The van der Waals surface area contributed by atoms with Crippen LogP contribution < -0.4 is 16.0 Å². The van der Waals surface area contributed by atoms with Crippen LogP contribution in [-0.2, 0) is 32.9 Å². The van der Waals surface area contributed by atoms with Crippen LogP contribution in [0, 0.1) is 18.4 Å². The molecule has 3 N–H and O–H groups in total. The van der Waals surface area contributed by atoms with Gasteiger partial charge in [-0.3, -0.25) is 14.4 Å². The molecular formula is C28H39F3N6O8P+. The summed E-state index contributed by atoms with van der Waals surface area (Å²) in [5.41, 5.74) is -1.06. The molecule has 2 fully saturated rings. The fraction of sp³-hybridized carbons (Fsp3) is 0.679. The predicted molar refractivity (Wildman–Crippen MR) is 157 cm³/mol. The topological polar surface area (TPSA) is 149 Å². The van der Waals surface area contributed by atoms with E-state index in [4.69, 9.17) is 25.1 Å². The number of quaternary nitrogens is 1. The molecule has 2 saturated heterocycles. The van der Waals surface area contributed by atoms with Crippen molar-refractivity contribution in [3.05, 3.63) is 23.2 Å². The lowest BCUT2D eigenvalue weighted by Crippen LogP contribution is -2.65. The highest BCUT2D eigenvalue weighted by molar-refractivity contribution is 7.44. The van der Waals surface area contributed by atoms with E-state index in [9.17, 15) is 32.3 Å². The van der Waals surface area contributed by atoms with Gasteiger partial charge in [0.1, 0.15) is 30.1 Å². The third kappa shape index (κ3) is 8.22. The number of nitrogens with zero attached hydrogens (tertiary/aromatic N) is 3. The number of alkyl halides is 3. The largest absolute Gasteiger partial charge is 0.471 e. The molecule has 254 valence electrons. The SMILES string of the molecule is [C-]#[N+]CCOP(O[C@@H]1C2OC[C@]1(CC)O[C@H]2[N+]1(C)C=C(C#CCNC(=O)CNC(=O)C(F)(F)F)C(=O)NC1=O)N(C(C)C)C(C)C. The Kier molecular flexibility index (Phi) is 12.3. The summed E-state index contributed by atoms with van der Waals surface area (Å²) in [7, 11) is -0.146. The molecule has 3 aliphatic rings. The molecule has 3 unspecified atom stereocenters. The fourth-order valence-electron chi connectivity index (χ4n) is 5.24. The van der Waals surface area contributed by atoms with Gasteiger partial charge in [0.25, 0.3) is 14.4 Å². The van der Waals surface area contributed by atoms with E-state index in [0.717, 1.165) is 0 Å². The second-order valence-corrected chi connectivity index (χ2v) is 12.9. The van der Waals surface area contributed by atoms with Crippen molar-refractivity contribution in [2.45, 2.75) is 83.3 Å². The van der Waals surface area contributed by atoms with Crippen LogP contribution in [-0.4, -0.2) is 115 Å². The van der Waals surface area contributed by atoms with Crippen LogP contribution in [0.15, 0.2) is 11.8 Å². The molecule has 0 aromatic carbocycles. The standard InChI is InChI=1S/C28H38F3N6O8P/c1-8-27-16-42-21(22(27)45-46(43-13-12-32-6)36(17(2)3)18(4)5)24(44-27)37(7)15-19(23(39)35-26(37)41)10-9-11-33-20(38)14-34-25(40)28(29,30)31/h15,17-18,21-22,24H,8,11-14,16H2,1-5,7H3,(H2-,33,34,35,38,39,40,41)/p+1/t21?,22-,24-,27+,37?,46?/m1/s1.